The second kappa shape index (κ2) is 7.23. The predicted molar refractivity (Wildman–Crippen MR) is 104 cm³/mol. The Morgan fingerprint density at radius 1 is 1.11 bits per heavy atom. The SMILES string of the molecule is COc1ccccc1CCc1nc(-c2ccc3ncn(C(C)C)c3c2)no1. The lowest BCUT2D eigenvalue weighted by atomic mass is 10.1. The Morgan fingerprint density at radius 2 is 1.96 bits per heavy atom. The molecule has 0 aliphatic carbocycles. The van der Waals surface area contributed by atoms with Gasteiger partial charge in [-0.05, 0) is 50.1 Å². The third-order valence-electron chi connectivity index (χ3n) is 4.66. The largest absolute Gasteiger partial charge is 0.496 e. The van der Waals surface area contributed by atoms with Gasteiger partial charge in [0.1, 0.15) is 5.75 Å². The molecule has 0 spiro atoms. The Hall–Kier alpha value is -3.15. The molecule has 2 heterocycles. The van der Waals surface area contributed by atoms with E-state index in [-0.39, 0.29) is 0 Å². The standard InChI is InChI=1S/C21H22N4O2/c1-14(2)25-13-22-17-10-8-16(12-18(17)25)21-23-20(27-24-21)11-9-15-6-4-5-7-19(15)26-3/h4-8,10,12-14H,9,11H2,1-3H3. The van der Waals surface area contributed by atoms with Crippen molar-refractivity contribution in [2.45, 2.75) is 32.7 Å². The van der Waals surface area contributed by atoms with Crippen LogP contribution >= 0.6 is 0 Å². The molecule has 2 aromatic carbocycles. The first-order valence-corrected chi connectivity index (χ1v) is 9.07. The van der Waals surface area contributed by atoms with Gasteiger partial charge in [0.05, 0.1) is 24.5 Å². The van der Waals surface area contributed by atoms with Crippen LogP contribution in [0, 0.1) is 0 Å². The van der Waals surface area contributed by atoms with Crippen LogP contribution in [0.15, 0.2) is 53.3 Å². The topological polar surface area (TPSA) is 66.0 Å². The molecular formula is C21H22N4O2. The van der Waals surface area contributed by atoms with E-state index in [2.05, 4.69) is 45.7 Å². The molecule has 0 unspecified atom stereocenters. The van der Waals surface area contributed by atoms with Gasteiger partial charge in [0, 0.05) is 18.0 Å². The Balaban J connectivity index is 1.55. The van der Waals surface area contributed by atoms with E-state index in [9.17, 15) is 0 Å². The summed E-state index contributed by atoms with van der Waals surface area (Å²) in [6.07, 6.45) is 3.32. The summed E-state index contributed by atoms with van der Waals surface area (Å²) >= 11 is 0. The first-order chi connectivity index (χ1) is 13.2. The summed E-state index contributed by atoms with van der Waals surface area (Å²) in [4.78, 5) is 9.01. The molecule has 0 radical (unpaired) electrons. The summed E-state index contributed by atoms with van der Waals surface area (Å²) in [5.41, 5.74) is 4.09. The molecule has 2 aromatic heterocycles. The maximum absolute atomic E-state index is 5.46. The molecule has 0 bridgehead atoms. The number of para-hydroxylation sites is 1. The third-order valence-corrected chi connectivity index (χ3v) is 4.66. The van der Waals surface area contributed by atoms with Gasteiger partial charge >= 0.3 is 0 Å². The summed E-state index contributed by atoms with van der Waals surface area (Å²) in [6, 6.07) is 14.4. The molecule has 0 aliphatic heterocycles. The molecular weight excluding hydrogens is 340 g/mol. The van der Waals surface area contributed by atoms with Crippen LogP contribution in [0.5, 0.6) is 5.75 Å². The zero-order chi connectivity index (χ0) is 18.8. The molecule has 0 fully saturated rings. The first kappa shape index (κ1) is 17.3. The summed E-state index contributed by atoms with van der Waals surface area (Å²) in [5.74, 6) is 2.10. The van der Waals surface area contributed by atoms with Gasteiger partial charge in [-0.2, -0.15) is 4.98 Å². The van der Waals surface area contributed by atoms with Gasteiger partial charge in [-0.3, -0.25) is 0 Å². The molecule has 0 saturated heterocycles. The molecule has 0 atom stereocenters. The van der Waals surface area contributed by atoms with E-state index >= 15 is 0 Å². The highest BCUT2D eigenvalue weighted by molar-refractivity contribution is 5.80. The number of nitrogens with zero attached hydrogens (tertiary/aromatic N) is 4. The van der Waals surface area contributed by atoms with E-state index in [1.807, 2.05) is 36.7 Å². The van der Waals surface area contributed by atoms with Crippen molar-refractivity contribution in [2.75, 3.05) is 7.11 Å². The van der Waals surface area contributed by atoms with E-state index in [0.29, 0.717) is 24.2 Å². The van der Waals surface area contributed by atoms with Crippen LogP contribution in [0.1, 0.15) is 31.3 Å². The maximum atomic E-state index is 5.46. The number of methoxy groups -OCH3 is 1. The Kier molecular flexibility index (Phi) is 4.62. The van der Waals surface area contributed by atoms with Crippen LogP contribution in [0.4, 0.5) is 0 Å². The van der Waals surface area contributed by atoms with Gasteiger partial charge in [0.2, 0.25) is 11.7 Å². The van der Waals surface area contributed by atoms with Crippen LogP contribution < -0.4 is 4.74 Å². The zero-order valence-corrected chi connectivity index (χ0v) is 15.7. The van der Waals surface area contributed by atoms with Gasteiger partial charge in [0.25, 0.3) is 0 Å². The number of hydrogen-bond acceptors (Lipinski definition) is 5. The monoisotopic (exact) mass is 362 g/mol. The lowest BCUT2D eigenvalue weighted by Gasteiger charge is -2.08. The first-order valence-electron chi connectivity index (χ1n) is 9.07. The number of fused-ring (bicyclic) bond motifs is 1. The number of benzene rings is 2. The smallest absolute Gasteiger partial charge is 0.227 e. The van der Waals surface area contributed by atoms with Crippen molar-refractivity contribution in [3.8, 4) is 17.1 Å². The fourth-order valence-corrected chi connectivity index (χ4v) is 3.20. The van der Waals surface area contributed by atoms with E-state index in [4.69, 9.17) is 9.26 Å². The lowest BCUT2D eigenvalue weighted by Crippen LogP contribution is -1.98. The normalized spacial score (nSPS) is 11.4. The maximum Gasteiger partial charge on any atom is 0.227 e. The van der Waals surface area contributed by atoms with Crippen molar-refractivity contribution in [3.63, 3.8) is 0 Å². The van der Waals surface area contributed by atoms with Crippen LogP contribution in [-0.2, 0) is 12.8 Å². The second-order valence-electron chi connectivity index (χ2n) is 6.77. The quantitative estimate of drug-likeness (QED) is 0.506. The van der Waals surface area contributed by atoms with Gasteiger partial charge in [-0.1, -0.05) is 23.4 Å². The van der Waals surface area contributed by atoms with Crippen molar-refractivity contribution in [1.82, 2.24) is 19.7 Å². The van der Waals surface area contributed by atoms with E-state index in [0.717, 1.165) is 34.3 Å². The fourth-order valence-electron chi connectivity index (χ4n) is 3.20. The Labute approximate surface area is 157 Å². The molecule has 4 aromatic rings. The van der Waals surface area contributed by atoms with Gasteiger partial charge in [-0.15, -0.1) is 0 Å². The average Bonchev–Trinajstić information content (AvgIpc) is 3.33. The molecule has 0 N–H and O–H groups in total. The molecule has 0 saturated carbocycles. The van der Waals surface area contributed by atoms with E-state index in [1.54, 1.807) is 7.11 Å². The summed E-state index contributed by atoms with van der Waals surface area (Å²) in [5, 5.41) is 4.16. The summed E-state index contributed by atoms with van der Waals surface area (Å²) in [6.45, 7) is 4.27. The number of aryl methyl sites for hydroxylation is 2. The Bertz CT molecular complexity index is 1060. The third kappa shape index (κ3) is 3.43. The highest BCUT2D eigenvalue weighted by Gasteiger charge is 2.13. The minimum absolute atomic E-state index is 0.340. The Morgan fingerprint density at radius 3 is 2.78 bits per heavy atom. The molecule has 6 heteroatoms. The lowest BCUT2D eigenvalue weighted by molar-refractivity contribution is 0.376. The second-order valence-corrected chi connectivity index (χ2v) is 6.77. The minimum Gasteiger partial charge on any atom is -0.496 e. The highest BCUT2D eigenvalue weighted by Crippen LogP contribution is 2.25. The van der Waals surface area contributed by atoms with Crippen molar-refractivity contribution in [3.05, 3.63) is 60.2 Å². The highest BCUT2D eigenvalue weighted by atomic mass is 16.5. The van der Waals surface area contributed by atoms with E-state index < -0.39 is 0 Å². The molecule has 6 nitrogen and oxygen atoms in total. The molecule has 4 rings (SSSR count). The van der Waals surface area contributed by atoms with Gasteiger partial charge in [0.15, 0.2) is 0 Å². The van der Waals surface area contributed by atoms with Crippen molar-refractivity contribution < 1.29 is 9.26 Å². The summed E-state index contributed by atoms with van der Waals surface area (Å²) < 4.78 is 13.0. The van der Waals surface area contributed by atoms with Crippen LogP contribution in [0.3, 0.4) is 0 Å². The van der Waals surface area contributed by atoms with Crippen LogP contribution in [-0.4, -0.2) is 26.8 Å². The number of imidazole rings is 1. The molecule has 138 valence electrons. The fraction of sp³-hybridized carbons (Fsp3) is 0.286. The van der Waals surface area contributed by atoms with Crippen molar-refractivity contribution in [1.29, 1.82) is 0 Å². The van der Waals surface area contributed by atoms with Crippen molar-refractivity contribution >= 4 is 11.0 Å². The minimum atomic E-state index is 0.340. The van der Waals surface area contributed by atoms with Gasteiger partial charge in [-0.25, -0.2) is 4.98 Å². The van der Waals surface area contributed by atoms with Crippen LogP contribution in [0.2, 0.25) is 0 Å². The van der Waals surface area contributed by atoms with E-state index in [1.165, 1.54) is 0 Å². The number of rotatable bonds is 6. The number of hydrogen-bond donors (Lipinski definition) is 0. The average molecular weight is 362 g/mol. The predicted octanol–water partition coefficient (Wildman–Crippen LogP) is 4.46. The molecule has 0 aliphatic rings. The molecule has 27 heavy (non-hydrogen) atoms. The molecule has 0 amide bonds. The number of ether oxygens (including phenoxy) is 1. The number of aromatic nitrogens is 4. The zero-order valence-electron chi connectivity index (χ0n) is 15.7. The van der Waals surface area contributed by atoms with Crippen LogP contribution in [0.25, 0.3) is 22.4 Å². The summed E-state index contributed by atoms with van der Waals surface area (Å²) in [7, 11) is 1.68. The van der Waals surface area contributed by atoms with Crippen molar-refractivity contribution in [2.24, 2.45) is 0 Å². The van der Waals surface area contributed by atoms with Gasteiger partial charge < -0.3 is 13.8 Å².